The molecule has 2 aliphatic heterocycles. The quantitative estimate of drug-likeness (QED) is 0.225. The highest BCUT2D eigenvalue weighted by molar-refractivity contribution is 6.08. The van der Waals surface area contributed by atoms with Crippen LogP contribution in [-0.4, -0.2) is 59.1 Å². The lowest BCUT2D eigenvalue weighted by Gasteiger charge is -2.28. The second kappa shape index (κ2) is 14.6. The van der Waals surface area contributed by atoms with E-state index in [0.717, 1.165) is 37.7 Å². The Hall–Kier alpha value is -4.01. The first kappa shape index (κ1) is 32.9. The predicted octanol–water partition coefficient (Wildman–Crippen LogP) is 5.77. The molecule has 0 unspecified atom stereocenters. The predicted molar refractivity (Wildman–Crippen MR) is 175 cm³/mol. The molecule has 0 bridgehead atoms. The van der Waals surface area contributed by atoms with Crippen LogP contribution in [0.15, 0.2) is 84.0 Å². The third-order valence-electron chi connectivity index (χ3n) is 8.67. The Morgan fingerprint density at radius 1 is 1.11 bits per heavy atom. The summed E-state index contributed by atoms with van der Waals surface area (Å²) in [5.41, 5.74) is 2.71. The van der Waals surface area contributed by atoms with Crippen molar-refractivity contribution in [3.8, 4) is 0 Å². The number of benzene rings is 2. The number of likely N-dealkylation sites (tertiary alicyclic amines) is 1. The van der Waals surface area contributed by atoms with Crippen LogP contribution in [0.25, 0.3) is 0 Å². The maximum absolute atomic E-state index is 14.1. The van der Waals surface area contributed by atoms with E-state index in [1.54, 1.807) is 47.1 Å². The summed E-state index contributed by atoms with van der Waals surface area (Å²) in [6.45, 7) is 8.82. The lowest BCUT2D eigenvalue weighted by Crippen LogP contribution is -2.44. The van der Waals surface area contributed by atoms with E-state index in [-0.39, 0.29) is 25.0 Å². The lowest BCUT2D eigenvalue weighted by molar-refractivity contribution is -0.139. The molecule has 2 aliphatic rings. The van der Waals surface area contributed by atoms with E-state index in [2.05, 4.69) is 19.9 Å². The van der Waals surface area contributed by atoms with Gasteiger partial charge in [0.1, 0.15) is 0 Å². The van der Waals surface area contributed by atoms with E-state index < -0.39 is 17.4 Å². The zero-order chi connectivity index (χ0) is 31.9. The van der Waals surface area contributed by atoms with Crippen molar-refractivity contribution in [1.82, 2.24) is 4.90 Å². The third kappa shape index (κ3) is 7.03. The smallest absolute Gasteiger partial charge is 0.264 e. The van der Waals surface area contributed by atoms with Gasteiger partial charge in [0.05, 0.1) is 18.3 Å². The molecular formula is C36H45N3O5. The van der Waals surface area contributed by atoms with Gasteiger partial charge in [-0.3, -0.25) is 19.3 Å². The van der Waals surface area contributed by atoms with Crippen LogP contribution >= 0.6 is 0 Å². The number of hydrogen-bond donors (Lipinski definition) is 2. The van der Waals surface area contributed by atoms with Crippen LogP contribution in [0.3, 0.4) is 0 Å². The average Bonchev–Trinajstić information content (AvgIpc) is 3.58. The van der Waals surface area contributed by atoms with E-state index in [1.807, 2.05) is 43.3 Å². The molecule has 0 radical (unpaired) electrons. The molecule has 1 saturated heterocycles. The highest BCUT2D eigenvalue weighted by Crippen LogP contribution is 2.47. The summed E-state index contributed by atoms with van der Waals surface area (Å²) in [7, 11) is 0. The second-order valence-corrected chi connectivity index (χ2v) is 12.1. The van der Waals surface area contributed by atoms with Crippen molar-refractivity contribution < 1.29 is 24.6 Å². The fraction of sp³-hybridized carbons (Fsp3) is 0.417. The fourth-order valence-electron chi connectivity index (χ4n) is 6.05. The number of fused-ring (bicyclic) bond motifs is 1. The van der Waals surface area contributed by atoms with Crippen LogP contribution < -0.4 is 9.80 Å². The first-order valence-corrected chi connectivity index (χ1v) is 15.5. The SMILES string of the molecule is CC(C)=CCC/C(C)=C/CN1C(=O)[C@@](O)([C@@H](C)/C=C/CC(=O)N2CCC[C@H]2CO)c2cc(N(C=O)c3ccccc3)ccc21. The topological polar surface area (TPSA) is 101 Å². The van der Waals surface area contributed by atoms with Crippen molar-refractivity contribution in [3.05, 3.63) is 89.5 Å². The average molecular weight is 600 g/mol. The molecule has 1 fully saturated rings. The van der Waals surface area contributed by atoms with Gasteiger partial charge in [-0.2, -0.15) is 0 Å². The number of carbonyl (C=O) groups is 3. The molecule has 3 atom stereocenters. The molecule has 2 aromatic rings. The Morgan fingerprint density at radius 3 is 2.55 bits per heavy atom. The Bertz CT molecular complexity index is 1430. The third-order valence-corrected chi connectivity index (χ3v) is 8.67. The normalized spacial score (nSPS) is 20.6. The molecule has 0 spiro atoms. The second-order valence-electron chi connectivity index (χ2n) is 12.1. The summed E-state index contributed by atoms with van der Waals surface area (Å²) in [5, 5.41) is 21.8. The van der Waals surface area contributed by atoms with E-state index in [4.69, 9.17) is 0 Å². The Balaban J connectivity index is 1.64. The van der Waals surface area contributed by atoms with Gasteiger partial charge in [0.15, 0.2) is 5.60 Å². The first-order valence-electron chi connectivity index (χ1n) is 15.5. The van der Waals surface area contributed by atoms with Crippen molar-refractivity contribution in [2.24, 2.45) is 5.92 Å². The molecule has 0 saturated carbocycles. The number of aliphatic hydroxyl groups excluding tert-OH is 1. The molecule has 2 N–H and O–H groups in total. The van der Waals surface area contributed by atoms with Gasteiger partial charge in [-0.1, -0.05) is 60.6 Å². The standard InChI is InChI=1S/C36H45N3O5/c1-26(2)11-8-12-27(3)20-22-38-33-19-18-30(39(25-41)29-14-6-5-7-15-29)23-32(33)36(44,35(38)43)28(4)13-9-17-34(42)37-21-10-16-31(37)24-40/h5-7,9,11,13-15,18-20,23,25,28,31,40,44H,8,10,12,16-17,21-22,24H2,1-4H3/b13-9+,27-20+/t28-,31-,36+/m0/s1. The molecule has 4 rings (SSSR count). The summed E-state index contributed by atoms with van der Waals surface area (Å²) in [5.74, 6) is -1.20. The molecule has 0 aromatic heterocycles. The number of aliphatic hydroxyl groups is 2. The molecule has 8 heteroatoms. The van der Waals surface area contributed by atoms with Gasteiger partial charge in [-0.05, 0) is 76.8 Å². The molecule has 8 nitrogen and oxygen atoms in total. The Labute approximate surface area is 261 Å². The molecule has 2 heterocycles. The molecule has 0 aliphatic carbocycles. The van der Waals surface area contributed by atoms with E-state index in [1.165, 1.54) is 10.5 Å². The van der Waals surface area contributed by atoms with E-state index in [0.29, 0.717) is 35.7 Å². The van der Waals surface area contributed by atoms with Gasteiger partial charge >= 0.3 is 0 Å². The summed E-state index contributed by atoms with van der Waals surface area (Å²) >= 11 is 0. The zero-order valence-electron chi connectivity index (χ0n) is 26.3. The number of rotatable bonds is 13. The van der Waals surface area contributed by atoms with Crippen LogP contribution in [0.2, 0.25) is 0 Å². The van der Waals surface area contributed by atoms with Crippen LogP contribution in [-0.2, 0) is 20.0 Å². The van der Waals surface area contributed by atoms with Crippen molar-refractivity contribution in [2.75, 3.05) is 29.5 Å². The molecular weight excluding hydrogens is 554 g/mol. The maximum Gasteiger partial charge on any atom is 0.264 e. The minimum absolute atomic E-state index is 0.0568. The Morgan fingerprint density at radius 2 is 1.86 bits per heavy atom. The minimum Gasteiger partial charge on any atom is -0.394 e. The van der Waals surface area contributed by atoms with Crippen LogP contribution in [0.5, 0.6) is 0 Å². The first-order chi connectivity index (χ1) is 21.1. The van der Waals surface area contributed by atoms with E-state index in [9.17, 15) is 24.6 Å². The molecule has 44 heavy (non-hydrogen) atoms. The number of allylic oxidation sites excluding steroid dienone is 3. The van der Waals surface area contributed by atoms with Crippen molar-refractivity contribution >= 4 is 35.3 Å². The van der Waals surface area contributed by atoms with Gasteiger partial charge < -0.3 is 20.0 Å². The minimum atomic E-state index is -1.90. The monoisotopic (exact) mass is 599 g/mol. The highest BCUT2D eigenvalue weighted by Gasteiger charge is 2.52. The van der Waals surface area contributed by atoms with Gasteiger partial charge in [0, 0.05) is 42.4 Å². The van der Waals surface area contributed by atoms with Crippen LogP contribution in [0.1, 0.15) is 65.4 Å². The lowest BCUT2D eigenvalue weighted by atomic mass is 9.82. The van der Waals surface area contributed by atoms with Crippen molar-refractivity contribution in [3.63, 3.8) is 0 Å². The number of anilines is 3. The van der Waals surface area contributed by atoms with Gasteiger partial charge in [-0.15, -0.1) is 0 Å². The van der Waals surface area contributed by atoms with Crippen molar-refractivity contribution in [1.29, 1.82) is 0 Å². The van der Waals surface area contributed by atoms with Crippen molar-refractivity contribution in [2.45, 2.75) is 71.4 Å². The maximum atomic E-state index is 14.1. The molecule has 3 amide bonds. The number of nitrogens with zero attached hydrogens (tertiary/aromatic N) is 3. The molecule has 234 valence electrons. The summed E-state index contributed by atoms with van der Waals surface area (Å²) in [4.78, 5) is 43.9. The van der Waals surface area contributed by atoms with E-state index >= 15 is 0 Å². The number of amides is 3. The van der Waals surface area contributed by atoms with Crippen LogP contribution in [0, 0.1) is 5.92 Å². The number of carbonyl (C=O) groups excluding carboxylic acids is 3. The summed E-state index contributed by atoms with van der Waals surface area (Å²) in [6, 6.07) is 14.3. The van der Waals surface area contributed by atoms with Gasteiger partial charge in [-0.25, -0.2) is 0 Å². The molecule has 2 aromatic carbocycles. The Kier molecular flexibility index (Phi) is 10.9. The number of hydrogen-bond acceptors (Lipinski definition) is 5. The van der Waals surface area contributed by atoms with Gasteiger partial charge in [0.25, 0.3) is 5.91 Å². The number of para-hydroxylation sites is 1. The van der Waals surface area contributed by atoms with Crippen LogP contribution in [0.4, 0.5) is 17.1 Å². The largest absolute Gasteiger partial charge is 0.394 e. The zero-order valence-corrected chi connectivity index (χ0v) is 26.3. The summed E-state index contributed by atoms with van der Waals surface area (Å²) in [6.07, 6.45) is 11.9. The van der Waals surface area contributed by atoms with Gasteiger partial charge in [0.2, 0.25) is 12.3 Å². The summed E-state index contributed by atoms with van der Waals surface area (Å²) < 4.78 is 0. The highest BCUT2D eigenvalue weighted by atomic mass is 16.3. The fourth-order valence-corrected chi connectivity index (χ4v) is 6.05.